The summed E-state index contributed by atoms with van der Waals surface area (Å²) in [5.74, 6) is 0.335. The first kappa shape index (κ1) is 21.2. The molecule has 4 rings (SSSR count). The van der Waals surface area contributed by atoms with Crippen LogP contribution in [0.15, 0.2) is 39.8 Å². The molecule has 10 nitrogen and oxygen atoms in total. The van der Waals surface area contributed by atoms with Crippen LogP contribution in [-0.4, -0.2) is 53.0 Å². The van der Waals surface area contributed by atoms with Crippen LogP contribution in [0.2, 0.25) is 0 Å². The number of nitrogens with two attached hydrogens (primary N) is 1. The van der Waals surface area contributed by atoms with Gasteiger partial charge in [-0.05, 0) is 51.9 Å². The average Bonchev–Trinajstić information content (AvgIpc) is 3.23. The van der Waals surface area contributed by atoms with Gasteiger partial charge in [0.1, 0.15) is 0 Å². The molecule has 3 aromatic rings. The molecular weight excluding hydrogens is 418 g/mol. The molecule has 2 aromatic heterocycles. The first-order valence-electron chi connectivity index (χ1n) is 10.1. The monoisotopic (exact) mass is 443 g/mol. The molecule has 4 N–H and O–H groups in total. The molecule has 164 valence electrons. The maximum Gasteiger partial charge on any atom is 0.316 e. The second kappa shape index (κ2) is 8.60. The number of rotatable bonds is 6. The van der Waals surface area contributed by atoms with E-state index in [1.807, 2.05) is 0 Å². The van der Waals surface area contributed by atoms with Crippen LogP contribution < -0.4 is 16.4 Å². The highest BCUT2D eigenvalue weighted by Crippen LogP contribution is 2.27. The fraction of sp³-hybridized carbons (Fsp3) is 0.400. The number of nitrogen functional groups attached to an aromatic ring is 1. The van der Waals surface area contributed by atoms with E-state index in [9.17, 15) is 8.42 Å². The lowest BCUT2D eigenvalue weighted by Gasteiger charge is -2.22. The molecule has 3 heterocycles. The Kier molecular flexibility index (Phi) is 5.88. The fourth-order valence-electron chi connectivity index (χ4n) is 3.30. The minimum Gasteiger partial charge on any atom is -0.402 e. The molecule has 0 unspecified atom stereocenters. The van der Waals surface area contributed by atoms with Gasteiger partial charge in [-0.25, -0.2) is 18.4 Å². The molecule has 0 amide bonds. The largest absolute Gasteiger partial charge is 0.402 e. The van der Waals surface area contributed by atoms with Gasteiger partial charge in [0.05, 0.1) is 22.0 Å². The van der Waals surface area contributed by atoms with Crippen molar-refractivity contribution < 1.29 is 12.8 Å². The maximum absolute atomic E-state index is 12.3. The molecule has 1 aromatic carbocycles. The molecule has 1 aliphatic heterocycles. The summed E-state index contributed by atoms with van der Waals surface area (Å²) in [6, 6.07) is 7.10. The summed E-state index contributed by atoms with van der Waals surface area (Å²) in [5.41, 5.74) is 7.49. The van der Waals surface area contributed by atoms with Gasteiger partial charge in [-0.15, -0.1) is 5.10 Å². The van der Waals surface area contributed by atoms with Crippen molar-refractivity contribution in [2.24, 2.45) is 0 Å². The SMILES string of the molecule is CC(C)S(=O)(=O)c1ccc(-c2cnc(N)c(-c3nnc(NC4CCNCC4)o3)n2)cc1. The van der Waals surface area contributed by atoms with Crippen LogP contribution in [0.25, 0.3) is 22.8 Å². The van der Waals surface area contributed by atoms with E-state index in [2.05, 4.69) is 30.8 Å². The highest BCUT2D eigenvalue weighted by Gasteiger charge is 2.21. The van der Waals surface area contributed by atoms with Crippen LogP contribution in [0.3, 0.4) is 0 Å². The van der Waals surface area contributed by atoms with Crippen LogP contribution >= 0.6 is 0 Å². The standard InChI is InChI=1S/C20H25N7O3S/c1-12(2)31(28,29)15-5-3-13(4-6-15)16-11-23-18(21)17(25-16)19-26-27-20(30-19)24-14-7-9-22-10-8-14/h3-6,11-12,14,22H,7-10H2,1-2H3,(H2,21,23)(H,24,27). The molecule has 0 atom stereocenters. The van der Waals surface area contributed by atoms with Gasteiger partial charge in [0.15, 0.2) is 21.3 Å². The van der Waals surface area contributed by atoms with E-state index in [4.69, 9.17) is 10.2 Å². The number of piperidine rings is 1. The minimum absolute atomic E-state index is 0.167. The zero-order valence-corrected chi connectivity index (χ0v) is 18.2. The topological polar surface area (TPSA) is 149 Å². The average molecular weight is 444 g/mol. The zero-order valence-electron chi connectivity index (χ0n) is 17.4. The van der Waals surface area contributed by atoms with Crippen molar-refractivity contribution in [2.75, 3.05) is 24.1 Å². The van der Waals surface area contributed by atoms with Gasteiger partial charge in [0, 0.05) is 11.6 Å². The Morgan fingerprint density at radius 2 is 1.87 bits per heavy atom. The van der Waals surface area contributed by atoms with Gasteiger partial charge >= 0.3 is 6.01 Å². The number of benzene rings is 1. The predicted molar refractivity (Wildman–Crippen MR) is 117 cm³/mol. The van der Waals surface area contributed by atoms with Crippen molar-refractivity contribution >= 4 is 21.7 Å². The molecule has 0 aliphatic carbocycles. The van der Waals surface area contributed by atoms with Gasteiger partial charge in [0.25, 0.3) is 5.89 Å². The Morgan fingerprint density at radius 3 is 2.55 bits per heavy atom. The van der Waals surface area contributed by atoms with Crippen LogP contribution in [0, 0.1) is 0 Å². The predicted octanol–water partition coefficient (Wildman–Crippen LogP) is 2.12. The number of anilines is 2. The summed E-state index contributed by atoms with van der Waals surface area (Å²) in [5, 5.41) is 14.2. The van der Waals surface area contributed by atoms with Crippen LogP contribution in [0.4, 0.5) is 11.8 Å². The molecule has 11 heteroatoms. The molecule has 0 spiro atoms. The molecule has 31 heavy (non-hydrogen) atoms. The third-order valence-corrected chi connectivity index (χ3v) is 7.36. The molecule has 1 fully saturated rings. The van der Waals surface area contributed by atoms with Gasteiger partial charge in [-0.1, -0.05) is 17.2 Å². The van der Waals surface area contributed by atoms with Crippen LogP contribution in [0.5, 0.6) is 0 Å². The Hall–Kier alpha value is -3.05. The van der Waals surface area contributed by atoms with Gasteiger partial charge in [-0.2, -0.15) is 0 Å². The Bertz CT molecular complexity index is 1150. The maximum atomic E-state index is 12.3. The normalized spacial score (nSPS) is 15.3. The van der Waals surface area contributed by atoms with E-state index in [0.717, 1.165) is 25.9 Å². The molecule has 1 aliphatic rings. The second-order valence-electron chi connectivity index (χ2n) is 7.69. The van der Waals surface area contributed by atoms with Crippen LogP contribution in [0.1, 0.15) is 26.7 Å². The third kappa shape index (κ3) is 4.52. The number of hydrogen-bond acceptors (Lipinski definition) is 10. The van der Waals surface area contributed by atoms with E-state index in [1.165, 1.54) is 6.20 Å². The molecule has 0 saturated carbocycles. The van der Waals surface area contributed by atoms with Gasteiger partial charge in [-0.3, -0.25) is 0 Å². The summed E-state index contributed by atoms with van der Waals surface area (Å²) >= 11 is 0. The number of nitrogens with one attached hydrogen (secondary N) is 2. The molecule has 0 radical (unpaired) electrons. The lowest BCUT2D eigenvalue weighted by molar-refractivity contribution is 0.464. The molecular formula is C20H25N7O3S. The Morgan fingerprint density at radius 1 is 1.16 bits per heavy atom. The summed E-state index contributed by atoms with van der Waals surface area (Å²) in [7, 11) is -3.34. The van der Waals surface area contributed by atoms with E-state index in [-0.39, 0.29) is 28.3 Å². The molecule has 0 bridgehead atoms. The second-order valence-corrected chi connectivity index (χ2v) is 10.2. The Labute approximate surface area is 180 Å². The van der Waals surface area contributed by atoms with Crippen molar-refractivity contribution in [3.63, 3.8) is 0 Å². The summed E-state index contributed by atoms with van der Waals surface area (Å²) in [6.07, 6.45) is 3.46. The first-order chi connectivity index (χ1) is 14.8. The van der Waals surface area contributed by atoms with Gasteiger partial charge < -0.3 is 20.8 Å². The van der Waals surface area contributed by atoms with Gasteiger partial charge in [0.2, 0.25) is 0 Å². The van der Waals surface area contributed by atoms with Crippen LogP contribution in [-0.2, 0) is 9.84 Å². The number of aromatic nitrogens is 4. The van der Waals surface area contributed by atoms with E-state index < -0.39 is 15.1 Å². The highest BCUT2D eigenvalue weighted by atomic mass is 32.2. The number of sulfone groups is 1. The molecule has 1 saturated heterocycles. The number of hydrogen-bond donors (Lipinski definition) is 3. The van der Waals surface area contributed by atoms with E-state index in [1.54, 1.807) is 38.1 Å². The zero-order chi connectivity index (χ0) is 22.0. The highest BCUT2D eigenvalue weighted by molar-refractivity contribution is 7.92. The van der Waals surface area contributed by atoms with Crippen molar-refractivity contribution in [3.8, 4) is 22.8 Å². The fourth-order valence-corrected chi connectivity index (χ4v) is 4.36. The van der Waals surface area contributed by atoms with Crippen molar-refractivity contribution in [1.82, 2.24) is 25.5 Å². The third-order valence-electron chi connectivity index (χ3n) is 5.19. The lowest BCUT2D eigenvalue weighted by Crippen LogP contribution is -2.35. The quantitative estimate of drug-likeness (QED) is 0.517. The summed E-state index contributed by atoms with van der Waals surface area (Å²) < 4.78 is 30.4. The summed E-state index contributed by atoms with van der Waals surface area (Å²) in [4.78, 5) is 8.99. The van der Waals surface area contributed by atoms with E-state index in [0.29, 0.717) is 17.3 Å². The lowest BCUT2D eigenvalue weighted by atomic mass is 10.1. The number of nitrogens with zero attached hydrogens (tertiary/aromatic N) is 4. The van der Waals surface area contributed by atoms with Crippen molar-refractivity contribution in [1.29, 1.82) is 0 Å². The first-order valence-corrected chi connectivity index (χ1v) is 11.7. The smallest absolute Gasteiger partial charge is 0.316 e. The minimum atomic E-state index is -3.34. The Balaban J connectivity index is 1.58. The van der Waals surface area contributed by atoms with Crippen molar-refractivity contribution in [2.45, 2.75) is 42.9 Å². The van der Waals surface area contributed by atoms with Crippen molar-refractivity contribution in [3.05, 3.63) is 30.5 Å². The summed E-state index contributed by atoms with van der Waals surface area (Å²) in [6.45, 7) is 5.19. The van der Waals surface area contributed by atoms with E-state index >= 15 is 0 Å².